The number of aryl methyl sites for hydroxylation is 1. The Balaban J connectivity index is 1.74. The highest BCUT2D eigenvalue weighted by Gasteiger charge is 2.17. The molecular weight excluding hydrogens is 474 g/mol. The number of rotatable bonds is 4. The molecule has 0 unspecified atom stereocenters. The number of halogens is 2. The van der Waals surface area contributed by atoms with Crippen molar-refractivity contribution < 1.29 is 0 Å². The van der Waals surface area contributed by atoms with Gasteiger partial charge in [-0.05, 0) is 48.4 Å². The van der Waals surface area contributed by atoms with E-state index in [4.69, 9.17) is 16.6 Å². The van der Waals surface area contributed by atoms with Crippen molar-refractivity contribution in [3.63, 3.8) is 0 Å². The second kappa shape index (κ2) is 7.98. The van der Waals surface area contributed by atoms with Crippen LogP contribution in [0.1, 0.15) is 16.7 Å². The van der Waals surface area contributed by atoms with E-state index < -0.39 is 0 Å². The minimum absolute atomic E-state index is 0.0752. The second-order valence-electron chi connectivity index (χ2n) is 7.70. The number of fused-ring (bicyclic) bond motifs is 3. The van der Waals surface area contributed by atoms with Gasteiger partial charge in [-0.3, -0.25) is 9.36 Å². The smallest absolute Gasteiger partial charge is 0.278 e. The first-order valence-corrected chi connectivity index (χ1v) is 11.1. The van der Waals surface area contributed by atoms with E-state index >= 15 is 0 Å². The summed E-state index contributed by atoms with van der Waals surface area (Å²) in [5.41, 5.74) is 5.39. The molecule has 0 aliphatic carbocycles. The molecule has 0 aliphatic rings. The van der Waals surface area contributed by atoms with Gasteiger partial charge < -0.3 is 4.57 Å². The zero-order valence-corrected chi connectivity index (χ0v) is 19.2. The van der Waals surface area contributed by atoms with Crippen molar-refractivity contribution in [3.8, 4) is 0 Å². The van der Waals surface area contributed by atoms with Crippen molar-refractivity contribution in [2.45, 2.75) is 20.0 Å². The summed E-state index contributed by atoms with van der Waals surface area (Å²) in [6.45, 7) is 3.00. The van der Waals surface area contributed by atoms with Gasteiger partial charge in [-0.25, -0.2) is 4.98 Å². The highest BCUT2D eigenvalue weighted by molar-refractivity contribution is 9.10. The third-order valence-electron chi connectivity index (χ3n) is 5.51. The molecule has 0 amide bonds. The highest BCUT2D eigenvalue weighted by Crippen LogP contribution is 2.28. The normalized spacial score (nSPS) is 11.5. The summed E-state index contributed by atoms with van der Waals surface area (Å²) in [7, 11) is 0. The monoisotopic (exact) mass is 491 g/mol. The Labute approximate surface area is 192 Å². The quantitative estimate of drug-likeness (QED) is 0.301. The SMILES string of the molecule is Cc1ccc2c(c1)c1ncn(Cc3ccccc3Cl)c(=O)c1n2Cc1cccc(Br)c1. The molecule has 0 spiro atoms. The zero-order valence-electron chi connectivity index (χ0n) is 16.8. The Bertz CT molecular complexity index is 1500. The van der Waals surface area contributed by atoms with Crippen molar-refractivity contribution in [2.24, 2.45) is 0 Å². The lowest BCUT2D eigenvalue weighted by molar-refractivity contribution is 0.737. The lowest BCUT2D eigenvalue weighted by atomic mass is 10.1. The fraction of sp³-hybridized carbons (Fsp3) is 0.120. The Hall–Kier alpha value is -2.89. The predicted molar refractivity (Wildman–Crippen MR) is 130 cm³/mol. The van der Waals surface area contributed by atoms with Crippen LogP contribution in [0.2, 0.25) is 5.02 Å². The van der Waals surface area contributed by atoms with Crippen LogP contribution in [0.4, 0.5) is 0 Å². The standard InChI is InChI=1S/C25H19BrClN3O/c1-16-9-10-22-20(11-16)23-24(30(22)13-17-5-4-7-19(26)12-17)25(31)29(15-28-23)14-18-6-2-3-8-21(18)27/h2-12,15H,13-14H2,1H3. The number of nitrogens with zero attached hydrogens (tertiary/aromatic N) is 3. The van der Waals surface area contributed by atoms with Crippen LogP contribution in [0.15, 0.2) is 82.3 Å². The summed E-state index contributed by atoms with van der Waals surface area (Å²) >= 11 is 9.88. The fourth-order valence-electron chi connectivity index (χ4n) is 4.02. The van der Waals surface area contributed by atoms with Crippen LogP contribution < -0.4 is 5.56 Å². The van der Waals surface area contributed by atoms with Gasteiger partial charge in [0.25, 0.3) is 5.56 Å². The van der Waals surface area contributed by atoms with Crippen LogP contribution in [-0.2, 0) is 13.1 Å². The minimum atomic E-state index is -0.0752. The molecule has 154 valence electrons. The van der Waals surface area contributed by atoms with Crippen LogP contribution in [0, 0.1) is 6.92 Å². The van der Waals surface area contributed by atoms with Gasteiger partial charge in [-0.1, -0.05) is 69.5 Å². The maximum Gasteiger partial charge on any atom is 0.278 e. The van der Waals surface area contributed by atoms with Crippen molar-refractivity contribution in [1.29, 1.82) is 0 Å². The number of benzene rings is 3. The Kier molecular flexibility index (Phi) is 5.16. The van der Waals surface area contributed by atoms with Crippen molar-refractivity contribution in [2.75, 3.05) is 0 Å². The summed E-state index contributed by atoms with van der Waals surface area (Å²) in [6, 6.07) is 21.9. The molecule has 0 saturated carbocycles. The number of hydrogen-bond acceptors (Lipinski definition) is 2. The molecule has 0 saturated heterocycles. The van der Waals surface area contributed by atoms with Crippen molar-refractivity contribution in [1.82, 2.24) is 14.1 Å². The molecule has 0 bridgehead atoms. The van der Waals surface area contributed by atoms with Crippen LogP contribution in [0.25, 0.3) is 21.9 Å². The van der Waals surface area contributed by atoms with Gasteiger partial charge >= 0.3 is 0 Å². The summed E-state index contributed by atoms with van der Waals surface area (Å²) < 4.78 is 4.72. The van der Waals surface area contributed by atoms with E-state index in [1.54, 1.807) is 10.9 Å². The van der Waals surface area contributed by atoms with E-state index in [-0.39, 0.29) is 5.56 Å². The van der Waals surface area contributed by atoms with Gasteiger partial charge in [0.15, 0.2) is 0 Å². The third kappa shape index (κ3) is 3.68. The van der Waals surface area contributed by atoms with E-state index in [0.717, 1.165) is 37.6 Å². The Morgan fingerprint density at radius 1 is 1.00 bits per heavy atom. The second-order valence-corrected chi connectivity index (χ2v) is 9.03. The molecule has 31 heavy (non-hydrogen) atoms. The van der Waals surface area contributed by atoms with Gasteiger partial charge in [0.1, 0.15) is 11.0 Å². The first-order valence-electron chi connectivity index (χ1n) is 9.97. The molecule has 6 heteroatoms. The molecule has 0 N–H and O–H groups in total. The first-order chi connectivity index (χ1) is 15.0. The van der Waals surface area contributed by atoms with E-state index in [2.05, 4.69) is 57.8 Å². The van der Waals surface area contributed by atoms with E-state index in [1.165, 1.54) is 0 Å². The minimum Gasteiger partial charge on any atom is -0.330 e. The molecule has 5 aromatic rings. The molecule has 5 rings (SSSR count). The summed E-state index contributed by atoms with van der Waals surface area (Å²) in [6.07, 6.45) is 1.62. The summed E-state index contributed by atoms with van der Waals surface area (Å²) in [5, 5.41) is 1.63. The third-order valence-corrected chi connectivity index (χ3v) is 6.37. The van der Waals surface area contributed by atoms with E-state index in [1.807, 2.05) is 36.4 Å². The molecular formula is C25H19BrClN3O. The maximum atomic E-state index is 13.6. The van der Waals surface area contributed by atoms with Gasteiger partial charge in [-0.15, -0.1) is 0 Å². The molecule has 0 atom stereocenters. The van der Waals surface area contributed by atoms with Crippen LogP contribution in [0.3, 0.4) is 0 Å². The number of aromatic nitrogens is 3. The average Bonchev–Trinajstić information content (AvgIpc) is 3.05. The Morgan fingerprint density at radius 3 is 2.65 bits per heavy atom. The van der Waals surface area contributed by atoms with Gasteiger partial charge in [0, 0.05) is 21.4 Å². The molecule has 4 nitrogen and oxygen atoms in total. The van der Waals surface area contributed by atoms with E-state index in [0.29, 0.717) is 23.6 Å². The molecule has 3 aromatic carbocycles. The highest BCUT2D eigenvalue weighted by atomic mass is 79.9. The number of hydrogen-bond donors (Lipinski definition) is 0. The maximum absolute atomic E-state index is 13.6. The lowest BCUT2D eigenvalue weighted by Gasteiger charge is -2.10. The largest absolute Gasteiger partial charge is 0.330 e. The van der Waals surface area contributed by atoms with Crippen LogP contribution in [-0.4, -0.2) is 14.1 Å². The molecule has 2 heterocycles. The van der Waals surface area contributed by atoms with Crippen molar-refractivity contribution >= 4 is 49.5 Å². The average molecular weight is 493 g/mol. The molecule has 0 fully saturated rings. The summed E-state index contributed by atoms with van der Waals surface area (Å²) in [5.74, 6) is 0. The lowest BCUT2D eigenvalue weighted by Crippen LogP contribution is -2.23. The summed E-state index contributed by atoms with van der Waals surface area (Å²) in [4.78, 5) is 18.3. The van der Waals surface area contributed by atoms with Gasteiger partial charge in [0.05, 0.1) is 18.4 Å². The molecule has 0 radical (unpaired) electrons. The molecule has 2 aromatic heterocycles. The van der Waals surface area contributed by atoms with Crippen LogP contribution in [0.5, 0.6) is 0 Å². The fourth-order valence-corrected chi connectivity index (χ4v) is 4.66. The zero-order chi connectivity index (χ0) is 21.5. The Morgan fingerprint density at radius 2 is 1.84 bits per heavy atom. The van der Waals surface area contributed by atoms with Gasteiger partial charge in [-0.2, -0.15) is 0 Å². The topological polar surface area (TPSA) is 39.8 Å². The van der Waals surface area contributed by atoms with Crippen LogP contribution >= 0.6 is 27.5 Å². The first kappa shape index (κ1) is 20.0. The van der Waals surface area contributed by atoms with E-state index in [9.17, 15) is 4.79 Å². The predicted octanol–water partition coefficient (Wildman–Crippen LogP) is 6.17. The van der Waals surface area contributed by atoms with Gasteiger partial charge in [0.2, 0.25) is 0 Å². The molecule has 0 aliphatic heterocycles. The van der Waals surface area contributed by atoms with Crippen molar-refractivity contribution in [3.05, 3.63) is 110 Å².